The molecule has 0 unspecified atom stereocenters. The molecular weight excluding hydrogens is 284 g/mol. The number of nitriles is 1. The van der Waals surface area contributed by atoms with E-state index in [1.54, 1.807) is 6.92 Å². The summed E-state index contributed by atoms with van der Waals surface area (Å²) in [6, 6.07) is 9.33. The first-order valence-electron chi connectivity index (χ1n) is 6.27. The monoisotopic (exact) mass is 294 g/mol. The van der Waals surface area contributed by atoms with Crippen LogP contribution in [-0.2, 0) is 0 Å². The maximum absolute atomic E-state index is 9.06. The molecule has 0 atom stereocenters. The van der Waals surface area contributed by atoms with Gasteiger partial charge in [-0.2, -0.15) is 10.5 Å². The Morgan fingerprint density at radius 1 is 1.27 bits per heavy atom. The smallest absolute Gasteiger partial charge is 0.247 e. The van der Waals surface area contributed by atoms with E-state index < -0.39 is 0 Å². The summed E-state index contributed by atoms with van der Waals surface area (Å²) in [6.07, 6.45) is 1.51. The Morgan fingerprint density at radius 2 is 2.09 bits per heavy atom. The maximum Gasteiger partial charge on any atom is 0.247 e. The van der Waals surface area contributed by atoms with Gasteiger partial charge in [-0.25, -0.2) is 0 Å². The summed E-state index contributed by atoms with van der Waals surface area (Å²) in [5, 5.41) is 33.0. The van der Waals surface area contributed by atoms with Crippen molar-refractivity contribution in [2.75, 3.05) is 5.32 Å². The minimum atomic E-state index is 0.230. The molecule has 9 heteroatoms. The molecule has 0 bridgehead atoms. The van der Waals surface area contributed by atoms with Crippen molar-refractivity contribution < 1.29 is 4.42 Å². The molecular formula is C13H10N8O. The number of nitrogens with zero attached hydrogens (tertiary/aromatic N) is 6. The van der Waals surface area contributed by atoms with E-state index in [1.165, 1.54) is 6.20 Å². The van der Waals surface area contributed by atoms with Gasteiger partial charge < -0.3 is 9.73 Å². The van der Waals surface area contributed by atoms with Gasteiger partial charge in [0.25, 0.3) is 0 Å². The lowest BCUT2D eigenvalue weighted by atomic mass is 10.2. The third-order valence-electron chi connectivity index (χ3n) is 2.75. The molecule has 0 aliphatic heterocycles. The van der Waals surface area contributed by atoms with E-state index >= 15 is 0 Å². The van der Waals surface area contributed by atoms with Gasteiger partial charge in [0, 0.05) is 24.4 Å². The number of rotatable bonds is 4. The number of aryl methyl sites for hydroxylation is 1. The zero-order valence-electron chi connectivity index (χ0n) is 11.5. The highest BCUT2D eigenvalue weighted by molar-refractivity contribution is 5.74. The first kappa shape index (κ1) is 13.4. The number of aromatic nitrogens is 6. The number of allylic oxidation sites excluding steroid dienone is 1. The zero-order valence-corrected chi connectivity index (χ0v) is 11.5. The fourth-order valence-electron chi connectivity index (χ4n) is 1.70. The number of H-pyrrole nitrogens is 1. The summed E-state index contributed by atoms with van der Waals surface area (Å²) in [4.78, 5) is 0. The van der Waals surface area contributed by atoms with Crippen LogP contribution in [0.4, 0.5) is 5.69 Å². The van der Waals surface area contributed by atoms with Crippen LogP contribution in [0.25, 0.3) is 17.0 Å². The van der Waals surface area contributed by atoms with Gasteiger partial charge in [-0.05, 0) is 29.5 Å². The summed E-state index contributed by atoms with van der Waals surface area (Å²) in [5.41, 5.74) is 1.87. The summed E-state index contributed by atoms with van der Waals surface area (Å²) in [6.45, 7) is 1.73. The number of hydrogen-bond donors (Lipinski definition) is 2. The first-order chi connectivity index (χ1) is 10.8. The second-order valence-corrected chi connectivity index (χ2v) is 4.25. The van der Waals surface area contributed by atoms with Gasteiger partial charge in [0.05, 0.1) is 0 Å². The highest BCUT2D eigenvalue weighted by Crippen LogP contribution is 2.20. The van der Waals surface area contributed by atoms with Crippen LogP contribution in [0.2, 0.25) is 0 Å². The molecule has 0 saturated heterocycles. The Bertz CT molecular complexity index is 826. The van der Waals surface area contributed by atoms with Gasteiger partial charge in [0.1, 0.15) is 11.6 Å². The number of benzene rings is 1. The first-order valence-corrected chi connectivity index (χ1v) is 6.27. The number of hydrogen-bond acceptors (Lipinski definition) is 8. The van der Waals surface area contributed by atoms with Gasteiger partial charge in [0.15, 0.2) is 0 Å². The molecule has 2 heterocycles. The second kappa shape index (κ2) is 5.84. The normalized spacial score (nSPS) is 11.2. The van der Waals surface area contributed by atoms with E-state index in [2.05, 4.69) is 36.1 Å². The van der Waals surface area contributed by atoms with Crippen molar-refractivity contribution in [2.45, 2.75) is 6.92 Å². The van der Waals surface area contributed by atoms with Crippen LogP contribution in [0.1, 0.15) is 11.7 Å². The van der Waals surface area contributed by atoms with E-state index in [-0.39, 0.29) is 11.4 Å². The highest BCUT2D eigenvalue weighted by Gasteiger charge is 2.07. The van der Waals surface area contributed by atoms with Crippen LogP contribution in [-0.4, -0.2) is 30.8 Å². The third-order valence-corrected chi connectivity index (χ3v) is 2.75. The Labute approximate surface area is 124 Å². The molecule has 9 nitrogen and oxygen atoms in total. The lowest BCUT2D eigenvalue weighted by Crippen LogP contribution is -1.93. The molecule has 0 radical (unpaired) electrons. The number of tetrazole rings is 1. The topological polar surface area (TPSA) is 129 Å². The molecule has 2 aromatic heterocycles. The fourth-order valence-corrected chi connectivity index (χ4v) is 1.70. The molecule has 0 saturated carbocycles. The molecule has 0 spiro atoms. The molecule has 2 N–H and O–H groups in total. The maximum atomic E-state index is 9.06. The standard InChI is InChI=1S/C13H10N8O/c1-8-16-19-13(22-8)9-2-4-11(5-3-9)15-7-10(6-14)12-17-20-21-18-12/h2-5,7,15H,1H3,(H,17,18,20,21). The Kier molecular flexibility index (Phi) is 3.57. The van der Waals surface area contributed by atoms with Crippen molar-refractivity contribution in [3.8, 4) is 17.5 Å². The summed E-state index contributed by atoms with van der Waals surface area (Å²) in [5.74, 6) is 1.20. The van der Waals surface area contributed by atoms with Crippen molar-refractivity contribution in [3.63, 3.8) is 0 Å². The minimum Gasteiger partial charge on any atom is -0.421 e. The van der Waals surface area contributed by atoms with Crippen LogP contribution in [0.3, 0.4) is 0 Å². The summed E-state index contributed by atoms with van der Waals surface area (Å²) >= 11 is 0. The number of anilines is 1. The average Bonchev–Trinajstić information content (AvgIpc) is 3.20. The molecule has 108 valence electrons. The van der Waals surface area contributed by atoms with E-state index in [0.717, 1.165) is 11.3 Å². The van der Waals surface area contributed by atoms with Gasteiger partial charge in [0.2, 0.25) is 17.6 Å². The highest BCUT2D eigenvalue weighted by atomic mass is 16.4. The molecule has 22 heavy (non-hydrogen) atoms. The summed E-state index contributed by atoms with van der Waals surface area (Å²) in [7, 11) is 0. The molecule has 0 aliphatic rings. The van der Waals surface area contributed by atoms with E-state index in [1.807, 2.05) is 30.3 Å². The fraction of sp³-hybridized carbons (Fsp3) is 0.0769. The summed E-state index contributed by atoms with van der Waals surface area (Å²) < 4.78 is 5.35. The van der Waals surface area contributed by atoms with Crippen molar-refractivity contribution >= 4 is 11.3 Å². The van der Waals surface area contributed by atoms with Gasteiger partial charge in [-0.15, -0.1) is 20.4 Å². The van der Waals surface area contributed by atoms with E-state index in [4.69, 9.17) is 9.68 Å². The van der Waals surface area contributed by atoms with E-state index in [0.29, 0.717) is 11.8 Å². The zero-order chi connectivity index (χ0) is 15.4. The van der Waals surface area contributed by atoms with Crippen molar-refractivity contribution in [2.24, 2.45) is 0 Å². The molecule has 1 aromatic carbocycles. The van der Waals surface area contributed by atoms with Crippen LogP contribution < -0.4 is 5.32 Å². The number of aromatic amines is 1. The molecule has 3 rings (SSSR count). The molecule has 0 fully saturated rings. The predicted octanol–water partition coefficient (Wildman–Crippen LogP) is 1.53. The third kappa shape index (κ3) is 2.80. The predicted molar refractivity (Wildman–Crippen MR) is 75.9 cm³/mol. The lowest BCUT2D eigenvalue weighted by Gasteiger charge is -2.02. The lowest BCUT2D eigenvalue weighted by molar-refractivity contribution is 0.533. The second-order valence-electron chi connectivity index (χ2n) is 4.25. The van der Waals surface area contributed by atoms with Crippen LogP contribution in [0, 0.1) is 18.3 Å². The van der Waals surface area contributed by atoms with Gasteiger partial charge in [-0.3, -0.25) is 0 Å². The largest absolute Gasteiger partial charge is 0.421 e. The van der Waals surface area contributed by atoms with Crippen molar-refractivity contribution in [1.82, 2.24) is 30.8 Å². The van der Waals surface area contributed by atoms with Crippen molar-refractivity contribution in [1.29, 1.82) is 5.26 Å². The van der Waals surface area contributed by atoms with Crippen LogP contribution >= 0.6 is 0 Å². The molecule has 0 aliphatic carbocycles. The molecule has 3 aromatic rings. The van der Waals surface area contributed by atoms with Crippen LogP contribution in [0.15, 0.2) is 34.9 Å². The van der Waals surface area contributed by atoms with Gasteiger partial charge in [-0.1, -0.05) is 0 Å². The number of nitrogens with one attached hydrogen (secondary N) is 2. The van der Waals surface area contributed by atoms with Crippen LogP contribution in [0.5, 0.6) is 0 Å². The SMILES string of the molecule is Cc1nnc(-c2ccc(NC=C(C#N)c3nn[nH]n3)cc2)o1. The van der Waals surface area contributed by atoms with Gasteiger partial charge >= 0.3 is 0 Å². The Balaban J connectivity index is 1.75. The quantitative estimate of drug-likeness (QED) is 0.693. The minimum absolute atomic E-state index is 0.230. The van der Waals surface area contributed by atoms with Crippen molar-refractivity contribution in [3.05, 3.63) is 42.2 Å². The Morgan fingerprint density at radius 3 is 2.68 bits per heavy atom. The molecule has 0 amide bonds. The Hall–Kier alpha value is -3.54. The average molecular weight is 294 g/mol. The van der Waals surface area contributed by atoms with E-state index in [9.17, 15) is 0 Å².